The molecule has 4 nitrogen and oxygen atoms in total. The summed E-state index contributed by atoms with van der Waals surface area (Å²) in [5.74, 6) is 0.876. The molecular formula is C15H21N3O. The molecule has 0 fully saturated rings. The first-order valence-electron chi connectivity index (χ1n) is 6.55. The van der Waals surface area contributed by atoms with Gasteiger partial charge in [-0.15, -0.1) is 5.10 Å². The molecule has 0 amide bonds. The van der Waals surface area contributed by atoms with Crippen LogP contribution in [0.5, 0.6) is 5.75 Å². The fraction of sp³-hybridized carbons (Fsp3) is 0.467. The van der Waals surface area contributed by atoms with E-state index in [4.69, 9.17) is 4.74 Å². The van der Waals surface area contributed by atoms with Crippen LogP contribution in [0.2, 0.25) is 0 Å². The zero-order valence-corrected chi connectivity index (χ0v) is 12.3. The number of aromatic nitrogens is 3. The van der Waals surface area contributed by atoms with Crippen molar-refractivity contribution in [2.24, 2.45) is 0 Å². The Hall–Kier alpha value is -1.84. The summed E-state index contributed by atoms with van der Waals surface area (Å²) in [5, 5.41) is 7.96. The largest absolute Gasteiger partial charge is 0.494 e. The second kappa shape index (κ2) is 5.03. The molecule has 2 rings (SSSR count). The average molecular weight is 259 g/mol. The Morgan fingerprint density at radius 3 is 2.47 bits per heavy atom. The van der Waals surface area contributed by atoms with Gasteiger partial charge < -0.3 is 4.74 Å². The maximum absolute atomic E-state index is 5.57. The summed E-state index contributed by atoms with van der Waals surface area (Å²) in [5.41, 5.74) is 3.51. The van der Waals surface area contributed by atoms with Crippen LogP contribution in [0.15, 0.2) is 24.5 Å². The van der Waals surface area contributed by atoms with E-state index in [-0.39, 0.29) is 5.41 Å². The van der Waals surface area contributed by atoms with Gasteiger partial charge in [-0.1, -0.05) is 39.0 Å². The summed E-state index contributed by atoms with van der Waals surface area (Å²) in [6, 6.07) is 4.35. The van der Waals surface area contributed by atoms with Crippen LogP contribution < -0.4 is 4.74 Å². The zero-order valence-electron chi connectivity index (χ0n) is 12.3. The van der Waals surface area contributed by atoms with Crippen LogP contribution >= 0.6 is 0 Å². The zero-order chi connectivity index (χ0) is 14.0. The summed E-state index contributed by atoms with van der Waals surface area (Å²) in [6.07, 6.45) is 4.44. The van der Waals surface area contributed by atoms with E-state index in [0.717, 1.165) is 17.9 Å². The van der Waals surface area contributed by atoms with Gasteiger partial charge in [-0.3, -0.25) is 0 Å². The minimum atomic E-state index is 0.0888. The average Bonchev–Trinajstić information content (AvgIpc) is 2.89. The van der Waals surface area contributed by atoms with E-state index in [1.54, 1.807) is 18.0 Å². The maximum atomic E-state index is 5.57. The molecule has 0 saturated carbocycles. The van der Waals surface area contributed by atoms with E-state index in [2.05, 4.69) is 50.1 Å². The number of aryl methyl sites for hydroxylation is 1. The van der Waals surface area contributed by atoms with Crippen LogP contribution in [-0.2, 0) is 11.8 Å². The first-order valence-corrected chi connectivity index (χ1v) is 6.55. The van der Waals surface area contributed by atoms with Crippen molar-refractivity contribution in [3.05, 3.63) is 35.7 Å². The molecule has 0 aliphatic heterocycles. The first kappa shape index (κ1) is 13.6. The number of methoxy groups -OCH3 is 1. The summed E-state index contributed by atoms with van der Waals surface area (Å²) in [6.45, 7) is 8.76. The predicted octanol–water partition coefficient (Wildman–Crippen LogP) is 3.14. The van der Waals surface area contributed by atoms with Gasteiger partial charge >= 0.3 is 0 Å². The van der Waals surface area contributed by atoms with E-state index in [9.17, 15) is 0 Å². The van der Waals surface area contributed by atoms with Crippen LogP contribution in [-0.4, -0.2) is 22.1 Å². The molecule has 0 saturated heterocycles. The molecule has 102 valence electrons. The van der Waals surface area contributed by atoms with Gasteiger partial charge in [0.1, 0.15) is 11.4 Å². The summed E-state index contributed by atoms with van der Waals surface area (Å²) in [7, 11) is 1.70. The summed E-state index contributed by atoms with van der Waals surface area (Å²) >= 11 is 0. The van der Waals surface area contributed by atoms with E-state index in [0.29, 0.717) is 0 Å². The second-order valence-electron chi connectivity index (χ2n) is 5.64. The van der Waals surface area contributed by atoms with Crippen LogP contribution in [0.1, 0.15) is 38.8 Å². The topological polar surface area (TPSA) is 39.9 Å². The molecule has 1 aromatic carbocycles. The molecule has 0 bridgehead atoms. The fourth-order valence-electron chi connectivity index (χ4n) is 2.11. The molecule has 0 atom stereocenters. The van der Waals surface area contributed by atoms with Crippen molar-refractivity contribution in [3.63, 3.8) is 0 Å². The van der Waals surface area contributed by atoms with E-state index >= 15 is 0 Å². The quantitative estimate of drug-likeness (QED) is 0.850. The molecule has 1 aromatic heterocycles. The molecular weight excluding hydrogens is 238 g/mol. The number of ether oxygens (including phenoxy) is 1. The molecule has 4 heteroatoms. The molecule has 0 aliphatic rings. The molecule has 2 aromatic rings. The molecule has 19 heavy (non-hydrogen) atoms. The van der Waals surface area contributed by atoms with Crippen molar-refractivity contribution in [2.75, 3.05) is 7.11 Å². The Labute approximate surface area is 114 Å². The Morgan fingerprint density at radius 1 is 1.26 bits per heavy atom. The number of benzene rings is 1. The Kier molecular flexibility index (Phi) is 3.60. The predicted molar refractivity (Wildman–Crippen MR) is 76.0 cm³/mol. The Balaban J connectivity index is 2.69. The third-order valence-corrected chi connectivity index (χ3v) is 3.27. The van der Waals surface area contributed by atoms with Gasteiger partial charge in [0.05, 0.1) is 19.5 Å². The van der Waals surface area contributed by atoms with Gasteiger partial charge in [0.2, 0.25) is 0 Å². The van der Waals surface area contributed by atoms with Gasteiger partial charge in [-0.2, -0.15) is 0 Å². The highest BCUT2D eigenvalue weighted by Gasteiger charge is 2.20. The lowest BCUT2D eigenvalue weighted by Crippen LogP contribution is -2.14. The molecule has 0 N–H and O–H groups in total. The highest BCUT2D eigenvalue weighted by molar-refractivity contribution is 5.55. The standard InChI is InChI=1S/C15H21N3O/c1-6-11-9-12(15(2,3)4)10-13(14(11)19-5)18-8-7-16-17-18/h7-10H,6H2,1-5H3. The van der Waals surface area contributed by atoms with Crippen LogP contribution in [0.3, 0.4) is 0 Å². The van der Waals surface area contributed by atoms with Crippen LogP contribution in [0, 0.1) is 0 Å². The van der Waals surface area contributed by atoms with Crippen molar-refractivity contribution in [3.8, 4) is 11.4 Å². The van der Waals surface area contributed by atoms with Crippen LogP contribution in [0.25, 0.3) is 5.69 Å². The smallest absolute Gasteiger partial charge is 0.147 e. The van der Waals surface area contributed by atoms with Gasteiger partial charge in [-0.05, 0) is 29.0 Å². The van der Waals surface area contributed by atoms with Crippen molar-refractivity contribution in [1.29, 1.82) is 0 Å². The molecule has 0 radical (unpaired) electrons. The van der Waals surface area contributed by atoms with E-state index in [1.807, 2.05) is 6.20 Å². The highest BCUT2D eigenvalue weighted by atomic mass is 16.5. The minimum Gasteiger partial charge on any atom is -0.494 e. The fourth-order valence-corrected chi connectivity index (χ4v) is 2.11. The van der Waals surface area contributed by atoms with Gasteiger partial charge in [0.25, 0.3) is 0 Å². The summed E-state index contributed by atoms with van der Waals surface area (Å²) in [4.78, 5) is 0. The second-order valence-corrected chi connectivity index (χ2v) is 5.64. The third-order valence-electron chi connectivity index (χ3n) is 3.27. The van der Waals surface area contributed by atoms with E-state index in [1.165, 1.54) is 11.1 Å². The van der Waals surface area contributed by atoms with E-state index < -0.39 is 0 Å². The van der Waals surface area contributed by atoms with Crippen molar-refractivity contribution in [2.45, 2.75) is 39.5 Å². The van der Waals surface area contributed by atoms with Gasteiger partial charge in [-0.25, -0.2) is 4.68 Å². The molecule has 0 unspecified atom stereocenters. The Bertz CT molecular complexity index is 554. The normalized spacial score (nSPS) is 11.6. The monoisotopic (exact) mass is 259 g/mol. The van der Waals surface area contributed by atoms with Crippen molar-refractivity contribution >= 4 is 0 Å². The van der Waals surface area contributed by atoms with Crippen molar-refractivity contribution < 1.29 is 4.74 Å². The SMILES string of the molecule is CCc1cc(C(C)(C)C)cc(-n2ccnn2)c1OC. The lowest BCUT2D eigenvalue weighted by atomic mass is 9.85. The first-order chi connectivity index (χ1) is 8.97. The number of hydrogen-bond donors (Lipinski definition) is 0. The third kappa shape index (κ3) is 2.62. The number of hydrogen-bond acceptors (Lipinski definition) is 3. The van der Waals surface area contributed by atoms with Gasteiger partial charge in [0, 0.05) is 0 Å². The Morgan fingerprint density at radius 2 is 2.00 bits per heavy atom. The minimum absolute atomic E-state index is 0.0888. The number of rotatable bonds is 3. The van der Waals surface area contributed by atoms with Crippen molar-refractivity contribution in [1.82, 2.24) is 15.0 Å². The lowest BCUT2D eigenvalue weighted by Gasteiger charge is -2.23. The molecule has 1 heterocycles. The lowest BCUT2D eigenvalue weighted by molar-refractivity contribution is 0.406. The maximum Gasteiger partial charge on any atom is 0.147 e. The molecule has 0 spiro atoms. The highest BCUT2D eigenvalue weighted by Crippen LogP contribution is 2.33. The van der Waals surface area contributed by atoms with Gasteiger partial charge in [0.15, 0.2) is 0 Å². The number of nitrogens with zero attached hydrogens (tertiary/aromatic N) is 3. The van der Waals surface area contributed by atoms with Crippen LogP contribution in [0.4, 0.5) is 0 Å². The molecule has 0 aliphatic carbocycles. The summed E-state index contributed by atoms with van der Waals surface area (Å²) < 4.78 is 7.33.